The Labute approximate surface area is 228 Å². The first kappa shape index (κ1) is 26.8. The smallest absolute Gasteiger partial charge is 0.322 e. The van der Waals surface area contributed by atoms with Crippen molar-refractivity contribution < 1.29 is 18.0 Å². The van der Waals surface area contributed by atoms with Gasteiger partial charge in [-0.25, -0.2) is 4.98 Å². The average Bonchev–Trinajstić information content (AvgIpc) is 3.38. The number of anilines is 1. The third kappa shape index (κ3) is 6.45. The van der Waals surface area contributed by atoms with Crippen molar-refractivity contribution in [1.29, 1.82) is 0 Å². The second kappa shape index (κ2) is 11.1. The Hall–Kier alpha value is -3.78. The van der Waals surface area contributed by atoms with E-state index in [9.17, 15) is 18.0 Å². The number of fused-ring (bicyclic) bond motifs is 1. The molecule has 0 atom stereocenters. The second-order valence-corrected chi connectivity index (χ2v) is 10.4. The lowest BCUT2D eigenvalue weighted by Gasteiger charge is -2.33. The molecule has 6 nitrogen and oxygen atoms in total. The molecular formula is C29H26F3N5OS. The number of aromatic nitrogens is 2. The third-order valence-electron chi connectivity index (χ3n) is 6.71. The zero-order valence-electron chi connectivity index (χ0n) is 21.5. The molecule has 0 aliphatic carbocycles. The van der Waals surface area contributed by atoms with Crippen LogP contribution in [-0.4, -0.2) is 58.3 Å². The Morgan fingerprint density at radius 2 is 1.85 bits per heavy atom. The predicted molar refractivity (Wildman–Crippen MR) is 147 cm³/mol. The van der Waals surface area contributed by atoms with Crippen LogP contribution in [0.5, 0.6) is 0 Å². The largest absolute Gasteiger partial charge is 0.416 e. The second-order valence-electron chi connectivity index (χ2n) is 9.63. The highest BCUT2D eigenvalue weighted by molar-refractivity contribution is 7.12. The minimum absolute atomic E-state index is 0.0893. The van der Waals surface area contributed by atoms with Gasteiger partial charge in [0.2, 0.25) is 0 Å². The number of rotatable bonds is 4. The van der Waals surface area contributed by atoms with Gasteiger partial charge in [-0.2, -0.15) is 17.5 Å². The maximum absolute atomic E-state index is 13.9. The molecule has 0 bridgehead atoms. The normalized spacial score (nSPS) is 14.7. The van der Waals surface area contributed by atoms with Crippen LogP contribution >= 0.6 is 11.5 Å². The van der Waals surface area contributed by atoms with E-state index in [1.807, 2.05) is 24.9 Å². The number of nitrogens with zero attached hydrogens (tertiary/aromatic N) is 4. The summed E-state index contributed by atoms with van der Waals surface area (Å²) in [6.07, 6.45) is -1.13. The highest BCUT2D eigenvalue weighted by Gasteiger charge is 2.34. The molecule has 39 heavy (non-hydrogen) atoms. The summed E-state index contributed by atoms with van der Waals surface area (Å²) in [5, 5.41) is 3.53. The highest BCUT2D eigenvalue weighted by Crippen LogP contribution is 2.34. The van der Waals surface area contributed by atoms with Crippen molar-refractivity contribution in [3.05, 3.63) is 88.2 Å². The van der Waals surface area contributed by atoms with Crippen LogP contribution in [0.1, 0.15) is 38.2 Å². The molecule has 1 amide bonds. The lowest BCUT2D eigenvalue weighted by Crippen LogP contribution is -2.44. The van der Waals surface area contributed by atoms with Gasteiger partial charge in [0.05, 0.1) is 11.8 Å². The van der Waals surface area contributed by atoms with Gasteiger partial charge in [-0.1, -0.05) is 24.0 Å². The number of nitrogens with one attached hydrogen (secondary N) is 1. The van der Waals surface area contributed by atoms with Crippen LogP contribution in [-0.2, 0) is 12.7 Å². The number of hydrogen-bond donors (Lipinski definition) is 1. The Kier molecular flexibility index (Phi) is 7.66. The van der Waals surface area contributed by atoms with Crippen molar-refractivity contribution in [3.63, 3.8) is 0 Å². The van der Waals surface area contributed by atoms with Gasteiger partial charge in [-0.05, 0) is 67.0 Å². The van der Waals surface area contributed by atoms with Crippen LogP contribution in [0.4, 0.5) is 18.9 Å². The lowest BCUT2D eigenvalue weighted by atomic mass is 10.0. The summed E-state index contributed by atoms with van der Waals surface area (Å²) < 4.78 is 45.9. The van der Waals surface area contributed by atoms with Crippen LogP contribution in [0.15, 0.2) is 54.9 Å². The summed E-state index contributed by atoms with van der Waals surface area (Å²) in [4.78, 5) is 22.3. The summed E-state index contributed by atoms with van der Waals surface area (Å²) in [5.74, 6) is 5.64. The molecular weight excluding hydrogens is 523 g/mol. The Morgan fingerprint density at radius 1 is 1.05 bits per heavy atom. The number of amides is 1. The van der Waals surface area contributed by atoms with Crippen molar-refractivity contribution >= 4 is 33.3 Å². The number of carbonyl (C=O) groups is 1. The van der Waals surface area contributed by atoms with Gasteiger partial charge in [0.15, 0.2) is 0 Å². The number of alkyl halides is 3. The van der Waals surface area contributed by atoms with Crippen LogP contribution in [0.3, 0.4) is 0 Å². The number of halogens is 3. The molecule has 10 heteroatoms. The molecule has 0 spiro atoms. The first-order chi connectivity index (χ1) is 18.7. The molecule has 1 N–H and O–H groups in total. The minimum Gasteiger partial charge on any atom is -0.322 e. The van der Waals surface area contributed by atoms with Gasteiger partial charge < -0.3 is 10.2 Å². The van der Waals surface area contributed by atoms with Crippen molar-refractivity contribution in [2.75, 3.05) is 38.5 Å². The van der Waals surface area contributed by atoms with Crippen LogP contribution in [0, 0.1) is 18.8 Å². The fraction of sp³-hybridized carbons (Fsp3) is 0.276. The predicted octanol–water partition coefficient (Wildman–Crippen LogP) is 5.42. The number of carbonyl (C=O) groups excluding carboxylic acids is 1. The molecule has 0 radical (unpaired) electrons. The maximum atomic E-state index is 13.9. The zero-order valence-corrected chi connectivity index (χ0v) is 22.3. The van der Waals surface area contributed by atoms with Gasteiger partial charge in [0.1, 0.15) is 4.83 Å². The summed E-state index contributed by atoms with van der Waals surface area (Å²) in [7, 11) is 2.00. The molecule has 0 unspecified atom stereocenters. The Morgan fingerprint density at radius 3 is 2.62 bits per heavy atom. The van der Waals surface area contributed by atoms with Crippen molar-refractivity contribution in [1.82, 2.24) is 19.2 Å². The van der Waals surface area contributed by atoms with Gasteiger partial charge >= 0.3 is 6.18 Å². The lowest BCUT2D eigenvalue weighted by molar-refractivity contribution is -0.138. The molecule has 5 rings (SSSR count). The van der Waals surface area contributed by atoms with Gasteiger partial charge in [0, 0.05) is 66.7 Å². The van der Waals surface area contributed by atoms with E-state index in [1.165, 1.54) is 23.7 Å². The number of aryl methyl sites for hydroxylation is 1. The van der Waals surface area contributed by atoms with E-state index in [2.05, 4.69) is 31.4 Å². The van der Waals surface area contributed by atoms with E-state index < -0.39 is 17.6 Å². The molecule has 200 valence electrons. The summed E-state index contributed by atoms with van der Waals surface area (Å²) in [6, 6.07) is 10.9. The van der Waals surface area contributed by atoms with Crippen molar-refractivity contribution in [3.8, 4) is 11.8 Å². The molecule has 3 heterocycles. The van der Waals surface area contributed by atoms with Crippen molar-refractivity contribution in [2.24, 2.45) is 0 Å². The fourth-order valence-corrected chi connectivity index (χ4v) is 4.97. The molecule has 0 saturated carbocycles. The molecule has 1 aliphatic rings. The van der Waals surface area contributed by atoms with Gasteiger partial charge in [-0.15, -0.1) is 0 Å². The molecule has 1 fully saturated rings. The zero-order chi connectivity index (χ0) is 27.6. The molecule has 2 aromatic carbocycles. The number of pyridine rings is 1. The van der Waals surface area contributed by atoms with Crippen LogP contribution in [0.25, 0.3) is 10.2 Å². The van der Waals surface area contributed by atoms with E-state index in [4.69, 9.17) is 0 Å². The van der Waals surface area contributed by atoms with E-state index in [-0.39, 0.29) is 17.8 Å². The van der Waals surface area contributed by atoms with E-state index >= 15 is 0 Å². The number of benzene rings is 2. The summed E-state index contributed by atoms with van der Waals surface area (Å²) >= 11 is 1.31. The van der Waals surface area contributed by atoms with Gasteiger partial charge in [0.25, 0.3) is 5.91 Å². The Balaban J connectivity index is 1.34. The number of hydrogen-bond acceptors (Lipinski definition) is 6. The standard InChI is InChI=1S/C29H26F3N5OS/c1-19-3-5-22(14-21(19)6-4-20-13-24-17-34-39-28(24)33-16-20)27(38)35-25-8-7-23(26(15-25)29(30,31)32)18-37-11-9-36(2)10-12-37/h3,5,7-8,13-17H,9-12,18H2,1-2H3,(H,35,38). The third-order valence-corrected chi connectivity index (χ3v) is 7.44. The SMILES string of the molecule is Cc1ccc(C(=O)Nc2ccc(CN3CCN(C)CC3)c(C(F)(F)F)c2)cc1C#Cc1cnc2sncc2c1. The maximum Gasteiger partial charge on any atom is 0.416 e. The summed E-state index contributed by atoms with van der Waals surface area (Å²) in [6.45, 7) is 5.14. The van der Waals surface area contributed by atoms with Gasteiger partial charge in [-0.3, -0.25) is 9.69 Å². The topological polar surface area (TPSA) is 61.4 Å². The van der Waals surface area contributed by atoms with Crippen LogP contribution < -0.4 is 5.32 Å². The molecule has 1 saturated heterocycles. The summed E-state index contributed by atoms with van der Waals surface area (Å²) in [5.41, 5.74) is 2.09. The average molecular weight is 550 g/mol. The van der Waals surface area contributed by atoms with E-state index in [0.717, 1.165) is 34.9 Å². The number of piperazine rings is 1. The van der Waals surface area contributed by atoms with E-state index in [1.54, 1.807) is 30.6 Å². The quantitative estimate of drug-likeness (QED) is 0.345. The fourth-order valence-electron chi connectivity index (χ4n) is 4.38. The number of likely N-dealkylation sites (N-methyl/N-ethyl adjacent to an activating group) is 1. The molecule has 2 aromatic heterocycles. The molecule has 4 aromatic rings. The first-order valence-corrected chi connectivity index (χ1v) is 13.2. The van der Waals surface area contributed by atoms with Crippen LogP contribution in [0.2, 0.25) is 0 Å². The first-order valence-electron chi connectivity index (χ1n) is 12.4. The monoisotopic (exact) mass is 549 g/mol. The minimum atomic E-state index is -4.54. The van der Waals surface area contributed by atoms with Crippen molar-refractivity contribution in [2.45, 2.75) is 19.6 Å². The Bertz CT molecular complexity index is 1580. The highest BCUT2D eigenvalue weighted by atomic mass is 32.1. The molecule has 1 aliphatic heterocycles. The van der Waals surface area contributed by atoms with E-state index in [0.29, 0.717) is 29.8 Å².